The maximum atomic E-state index is 12.1. The van der Waals surface area contributed by atoms with Crippen molar-refractivity contribution in [2.24, 2.45) is 0 Å². The minimum absolute atomic E-state index is 0.0487. The summed E-state index contributed by atoms with van der Waals surface area (Å²) in [6.45, 7) is 3.87. The van der Waals surface area contributed by atoms with E-state index in [1.54, 1.807) is 14.1 Å². The van der Waals surface area contributed by atoms with Gasteiger partial charge >= 0.3 is 0 Å². The van der Waals surface area contributed by atoms with E-state index >= 15 is 0 Å². The molecule has 0 saturated heterocycles. The molecule has 1 fully saturated rings. The van der Waals surface area contributed by atoms with Crippen LogP contribution in [-0.4, -0.2) is 53.9 Å². The van der Waals surface area contributed by atoms with E-state index in [-0.39, 0.29) is 30.7 Å². The van der Waals surface area contributed by atoms with Gasteiger partial charge in [0.1, 0.15) is 0 Å². The van der Waals surface area contributed by atoms with Crippen LogP contribution >= 0.6 is 0 Å². The molecule has 0 bridgehead atoms. The van der Waals surface area contributed by atoms with Crippen molar-refractivity contribution in [1.29, 1.82) is 0 Å². The summed E-state index contributed by atoms with van der Waals surface area (Å²) in [6.07, 6.45) is 8.46. The molecule has 0 radical (unpaired) electrons. The second-order valence-corrected chi connectivity index (χ2v) is 7.69. The Hall–Kier alpha value is -2.18. The Balaban J connectivity index is 1.95. The Labute approximate surface area is 162 Å². The molecule has 150 valence electrons. The van der Waals surface area contributed by atoms with E-state index < -0.39 is 0 Å². The minimum atomic E-state index is -0.194. The SMILES string of the molecule is Cc1nc(N(C)C2CCCCC2)ncc1C(C)NC(=O)CCC(=O)N(C)C. The second kappa shape index (κ2) is 9.67. The third kappa shape index (κ3) is 5.91. The number of aromatic nitrogens is 2. The third-order valence-electron chi connectivity index (χ3n) is 5.35. The number of carbonyl (C=O) groups excluding carboxylic acids is 2. The summed E-state index contributed by atoms with van der Waals surface area (Å²) in [6, 6.07) is 0.316. The molecule has 27 heavy (non-hydrogen) atoms. The molecule has 1 heterocycles. The van der Waals surface area contributed by atoms with Crippen LogP contribution in [-0.2, 0) is 9.59 Å². The van der Waals surface area contributed by atoms with E-state index in [2.05, 4.69) is 27.2 Å². The van der Waals surface area contributed by atoms with Gasteiger partial charge in [-0.25, -0.2) is 9.97 Å². The van der Waals surface area contributed by atoms with Gasteiger partial charge < -0.3 is 15.1 Å². The molecule has 1 aliphatic carbocycles. The van der Waals surface area contributed by atoms with E-state index in [1.807, 2.05) is 20.0 Å². The van der Waals surface area contributed by atoms with Gasteiger partial charge in [-0.1, -0.05) is 19.3 Å². The number of carbonyl (C=O) groups is 2. The molecular formula is C20H33N5O2. The molecule has 1 atom stereocenters. The number of anilines is 1. The van der Waals surface area contributed by atoms with Gasteiger partial charge in [0.25, 0.3) is 0 Å². The van der Waals surface area contributed by atoms with E-state index in [0.29, 0.717) is 6.04 Å². The van der Waals surface area contributed by atoms with E-state index in [4.69, 9.17) is 0 Å². The predicted molar refractivity (Wildman–Crippen MR) is 107 cm³/mol. The van der Waals surface area contributed by atoms with Crippen molar-refractivity contribution < 1.29 is 9.59 Å². The van der Waals surface area contributed by atoms with Crippen LogP contribution in [0.15, 0.2) is 6.20 Å². The molecule has 1 unspecified atom stereocenters. The molecule has 0 spiro atoms. The largest absolute Gasteiger partial charge is 0.349 e. The molecule has 1 N–H and O–H groups in total. The molecule has 1 aromatic rings. The number of hydrogen-bond donors (Lipinski definition) is 1. The van der Waals surface area contributed by atoms with E-state index in [9.17, 15) is 9.59 Å². The summed E-state index contributed by atoms with van der Waals surface area (Å²) in [5, 5.41) is 2.94. The molecule has 1 aromatic heterocycles. The quantitative estimate of drug-likeness (QED) is 0.792. The lowest BCUT2D eigenvalue weighted by Crippen LogP contribution is -2.35. The highest BCUT2D eigenvalue weighted by Gasteiger charge is 2.21. The highest BCUT2D eigenvalue weighted by atomic mass is 16.2. The van der Waals surface area contributed by atoms with Crippen molar-refractivity contribution in [2.75, 3.05) is 26.0 Å². The fourth-order valence-electron chi connectivity index (χ4n) is 3.53. The third-order valence-corrected chi connectivity index (χ3v) is 5.35. The Bertz CT molecular complexity index is 656. The standard InChI is InChI=1S/C20H33N5O2/c1-14(22-18(26)11-12-19(27)24(3)4)17-13-21-20(23-15(17)2)25(5)16-9-7-6-8-10-16/h13-14,16H,6-12H2,1-5H3,(H,22,26). The molecule has 7 heteroatoms. The zero-order valence-electron chi connectivity index (χ0n) is 17.3. The number of nitrogens with one attached hydrogen (secondary N) is 1. The predicted octanol–water partition coefficient (Wildman–Crippen LogP) is 2.60. The maximum Gasteiger partial charge on any atom is 0.225 e. The van der Waals surface area contributed by atoms with Crippen LogP contribution in [0.4, 0.5) is 5.95 Å². The van der Waals surface area contributed by atoms with Gasteiger partial charge in [0.05, 0.1) is 6.04 Å². The summed E-state index contributed by atoms with van der Waals surface area (Å²) < 4.78 is 0. The lowest BCUT2D eigenvalue weighted by Gasteiger charge is -2.31. The van der Waals surface area contributed by atoms with Gasteiger partial charge in [-0.05, 0) is 26.7 Å². The lowest BCUT2D eigenvalue weighted by atomic mass is 9.95. The van der Waals surface area contributed by atoms with Crippen molar-refractivity contribution in [1.82, 2.24) is 20.2 Å². The molecule has 1 saturated carbocycles. The number of aryl methyl sites for hydroxylation is 1. The van der Waals surface area contributed by atoms with Gasteiger partial charge in [0.15, 0.2) is 0 Å². The number of hydrogen-bond acceptors (Lipinski definition) is 5. The van der Waals surface area contributed by atoms with Crippen LogP contribution in [0.2, 0.25) is 0 Å². The van der Waals surface area contributed by atoms with Crippen molar-refractivity contribution in [2.45, 2.75) is 70.9 Å². The molecular weight excluding hydrogens is 342 g/mol. The summed E-state index contributed by atoms with van der Waals surface area (Å²) in [7, 11) is 5.45. The zero-order chi connectivity index (χ0) is 20.0. The number of amides is 2. The maximum absolute atomic E-state index is 12.1. The first-order valence-corrected chi connectivity index (χ1v) is 9.85. The van der Waals surface area contributed by atoms with Crippen LogP contribution in [0.25, 0.3) is 0 Å². The van der Waals surface area contributed by atoms with Crippen LogP contribution in [0.5, 0.6) is 0 Å². The Morgan fingerprint density at radius 2 is 1.85 bits per heavy atom. The van der Waals surface area contributed by atoms with Gasteiger partial charge in [0.2, 0.25) is 17.8 Å². The lowest BCUT2D eigenvalue weighted by molar-refractivity contribution is -0.131. The fraction of sp³-hybridized carbons (Fsp3) is 0.700. The van der Waals surface area contributed by atoms with Crippen molar-refractivity contribution in [3.63, 3.8) is 0 Å². The summed E-state index contributed by atoms with van der Waals surface area (Å²) in [4.78, 5) is 36.6. The molecule has 2 rings (SSSR count). The molecule has 1 aliphatic rings. The fourth-order valence-corrected chi connectivity index (χ4v) is 3.53. The van der Waals surface area contributed by atoms with Crippen molar-refractivity contribution in [3.8, 4) is 0 Å². The van der Waals surface area contributed by atoms with Crippen LogP contribution in [0, 0.1) is 6.92 Å². The van der Waals surface area contributed by atoms with Gasteiger partial charge in [-0.3, -0.25) is 9.59 Å². The van der Waals surface area contributed by atoms with E-state index in [1.165, 1.54) is 37.0 Å². The van der Waals surface area contributed by atoms with Crippen LogP contribution in [0.3, 0.4) is 0 Å². The summed E-state index contributed by atoms with van der Waals surface area (Å²) in [5.74, 6) is 0.561. The zero-order valence-corrected chi connectivity index (χ0v) is 17.3. The molecule has 7 nitrogen and oxygen atoms in total. The second-order valence-electron chi connectivity index (χ2n) is 7.69. The van der Waals surface area contributed by atoms with E-state index in [0.717, 1.165) is 17.2 Å². The number of rotatable bonds is 7. The smallest absolute Gasteiger partial charge is 0.225 e. The monoisotopic (exact) mass is 375 g/mol. The highest BCUT2D eigenvalue weighted by Crippen LogP contribution is 2.25. The first-order chi connectivity index (χ1) is 12.8. The van der Waals surface area contributed by atoms with Crippen LogP contribution < -0.4 is 10.2 Å². The topological polar surface area (TPSA) is 78.4 Å². The summed E-state index contributed by atoms with van der Waals surface area (Å²) in [5.41, 5.74) is 1.78. The first kappa shape index (κ1) is 21.1. The van der Waals surface area contributed by atoms with Gasteiger partial charge in [0, 0.05) is 57.5 Å². The van der Waals surface area contributed by atoms with Gasteiger partial charge in [-0.15, -0.1) is 0 Å². The Morgan fingerprint density at radius 3 is 2.44 bits per heavy atom. The highest BCUT2D eigenvalue weighted by molar-refractivity contribution is 5.83. The minimum Gasteiger partial charge on any atom is -0.349 e. The Kier molecular flexibility index (Phi) is 7.56. The molecule has 0 aromatic carbocycles. The van der Waals surface area contributed by atoms with Gasteiger partial charge in [-0.2, -0.15) is 0 Å². The summed E-state index contributed by atoms with van der Waals surface area (Å²) >= 11 is 0. The van der Waals surface area contributed by atoms with Crippen molar-refractivity contribution in [3.05, 3.63) is 17.5 Å². The first-order valence-electron chi connectivity index (χ1n) is 9.85. The average molecular weight is 376 g/mol. The Morgan fingerprint density at radius 1 is 1.19 bits per heavy atom. The molecule has 2 amide bonds. The van der Waals surface area contributed by atoms with Crippen LogP contribution in [0.1, 0.15) is 69.2 Å². The number of nitrogens with zero attached hydrogens (tertiary/aromatic N) is 4. The molecule has 0 aliphatic heterocycles. The van der Waals surface area contributed by atoms with Crippen molar-refractivity contribution >= 4 is 17.8 Å². The normalized spacial score (nSPS) is 15.9. The average Bonchev–Trinajstić information content (AvgIpc) is 2.65.